The number of carboxylic acid groups (broad SMARTS) is 1. The van der Waals surface area contributed by atoms with Gasteiger partial charge >= 0.3 is 5.97 Å². The summed E-state index contributed by atoms with van der Waals surface area (Å²) in [5.74, 6) is -0.828. The van der Waals surface area contributed by atoms with E-state index >= 15 is 0 Å². The predicted octanol–water partition coefficient (Wildman–Crippen LogP) is 1.58. The summed E-state index contributed by atoms with van der Waals surface area (Å²) in [6, 6.07) is 5.22. The summed E-state index contributed by atoms with van der Waals surface area (Å²) in [7, 11) is 3.94. The number of hydrogen-bond donors (Lipinski definition) is 2. The van der Waals surface area contributed by atoms with Gasteiger partial charge in [0.2, 0.25) is 0 Å². The van der Waals surface area contributed by atoms with Crippen LogP contribution in [0.5, 0.6) is 0 Å². The molecule has 1 aromatic carbocycles. The molecule has 0 aliphatic carbocycles. The SMILES string of the molecule is Cc1cccc(C)c1C(NCCN(C)C)C(=O)O. The summed E-state index contributed by atoms with van der Waals surface area (Å²) in [4.78, 5) is 13.4. The lowest BCUT2D eigenvalue weighted by molar-refractivity contribution is -0.139. The zero-order valence-corrected chi connectivity index (χ0v) is 11.5. The van der Waals surface area contributed by atoms with Crippen LogP contribution < -0.4 is 5.32 Å². The van der Waals surface area contributed by atoms with Crippen molar-refractivity contribution in [2.24, 2.45) is 0 Å². The number of rotatable bonds is 6. The molecule has 0 fully saturated rings. The number of hydrogen-bond acceptors (Lipinski definition) is 3. The fourth-order valence-electron chi connectivity index (χ4n) is 2.03. The van der Waals surface area contributed by atoms with E-state index in [1.807, 2.05) is 51.0 Å². The van der Waals surface area contributed by atoms with Crippen LogP contribution in [-0.4, -0.2) is 43.2 Å². The lowest BCUT2D eigenvalue weighted by Gasteiger charge is -2.20. The van der Waals surface area contributed by atoms with Crippen molar-refractivity contribution < 1.29 is 9.90 Å². The van der Waals surface area contributed by atoms with Gasteiger partial charge in [-0.1, -0.05) is 18.2 Å². The summed E-state index contributed by atoms with van der Waals surface area (Å²) >= 11 is 0. The first-order valence-corrected chi connectivity index (χ1v) is 6.10. The normalized spacial score (nSPS) is 12.7. The number of aliphatic carboxylic acids is 1. The van der Waals surface area contributed by atoms with Crippen molar-refractivity contribution in [2.45, 2.75) is 19.9 Å². The Labute approximate surface area is 109 Å². The van der Waals surface area contributed by atoms with Crippen molar-refractivity contribution in [2.75, 3.05) is 27.2 Å². The monoisotopic (exact) mass is 250 g/mol. The highest BCUT2D eigenvalue weighted by Crippen LogP contribution is 2.21. The van der Waals surface area contributed by atoms with Gasteiger partial charge in [-0.3, -0.25) is 10.1 Å². The molecular weight excluding hydrogens is 228 g/mol. The minimum atomic E-state index is -0.828. The van der Waals surface area contributed by atoms with Crippen molar-refractivity contribution in [3.8, 4) is 0 Å². The van der Waals surface area contributed by atoms with E-state index in [0.717, 1.165) is 23.2 Å². The molecule has 0 radical (unpaired) electrons. The third kappa shape index (κ3) is 3.82. The Morgan fingerprint density at radius 2 is 1.89 bits per heavy atom. The van der Waals surface area contributed by atoms with Gasteiger partial charge < -0.3 is 10.0 Å². The Morgan fingerprint density at radius 1 is 1.33 bits per heavy atom. The van der Waals surface area contributed by atoms with Crippen molar-refractivity contribution in [3.05, 3.63) is 34.9 Å². The van der Waals surface area contributed by atoms with E-state index in [0.29, 0.717) is 6.54 Å². The fraction of sp³-hybridized carbons (Fsp3) is 0.500. The molecule has 0 aliphatic heterocycles. The molecule has 0 spiro atoms. The fourth-order valence-corrected chi connectivity index (χ4v) is 2.03. The summed E-state index contributed by atoms with van der Waals surface area (Å²) in [6.07, 6.45) is 0. The zero-order chi connectivity index (χ0) is 13.7. The molecule has 1 aromatic rings. The van der Waals surface area contributed by atoms with Crippen LogP contribution in [-0.2, 0) is 4.79 Å². The number of nitrogens with one attached hydrogen (secondary N) is 1. The van der Waals surface area contributed by atoms with Crippen LogP contribution >= 0.6 is 0 Å². The molecule has 0 aromatic heterocycles. The molecule has 18 heavy (non-hydrogen) atoms. The van der Waals surface area contributed by atoms with Crippen molar-refractivity contribution >= 4 is 5.97 Å². The van der Waals surface area contributed by atoms with Gasteiger partial charge in [0.25, 0.3) is 0 Å². The van der Waals surface area contributed by atoms with Crippen LogP contribution in [0.2, 0.25) is 0 Å². The average molecular weight is 250 g/mol. The van der Waals surface area contributed by atoms with E-state index in [4.69, 9.17) is 0 Å². The first kappa shape index (κ1) is 14.7. The van der Waals surface area contributed by atoms with Crippen LogP contribution in [0, 0.1) is 13.8 Å². The number of nitrogens with zero attached hydrogens (tertiary/aromatic N) is 1. The van der Waals surface area contributed by atoms with Gasteiger partial charge in [0.1, 0.15) is 6.04 Å². The molecule has 0 bridgehead atoms. The molecule has 0 saturated heterocycles. The minimum absolute atomic E-state index is 0.633. The Kier molecular flexibility index (Phi) is 5.31. The van der Waals surface area contributed by atoms with E-state index in [1.165, 1.54) is 0 Å². The highest BCUT2D eigenvalue weighted by Gasteiger charge is 2.22. The van der Waals surface area contributed by atoms with E-state index in [1.54, 1.807) is 0 Å². The van der Waals surface area contributed by atoms with Crippen molar-refractivity contribution in [1.29, 1.82) is 0 Å². The van der Waals surface area contributed by atoms with Crippen molar-refractivity contribution in [3.63, 3.8) is 0 Å². The molecule has 4 nitrogen and oxygen atoms in total. The summed E-state index contributed by atoms with van der Waals surface area (Å²) in [5, 5.41) is 12.5. The van der Waals surface area contributed by atoms with Crippen LogP contribution in [0.4, 0.5) is 0 Å². The highest BCUT2D eigenvalue weighted by molar-refractivity contribution is 5.76. The molecule has 1 unspecified atom stereocenters. The third-order valence-corrected chi connectivity index (χ3v) is 2.99. The molecule has 0 amide bonds. The second kappa shape index (κ2) is 6.52. The molecule has 0 saturated carbocycles. The van der Waals surface area contributed by atoms with Gasteiger partial charge in [-0.2, -0.15) is 0 Å². The van der Waals surface area contributed by atoms with Gasteiger partial charge in [-0.25, -0.2) is 0 Å². The molecule has 0 heterocycles. The number of benzene rings is 1. The average Bonchev–Trinajstić information content (AvgIpc) is 2.25. The van der Waals surface area contributed by atoms with E-state index in [2.05, 4.69) is 5.32 Å². The second-order valence-electron chi connectivity index (χ2n) is 4.83. The van der Waals surface area contributed by atoms with E-state index in [-0.39, 0.29) is 0 Å². The maximum Gasteiger partial charge on any atom is 0.325 e. The maximum absolute atomic E-state index is 11.4. The molecular formula is C14H22N2O2. The quantitative estimate of drug-likeness (QED) is 0.805. The molecule has 1 rings (SSSR count). The lowest BCUT2D eigenvalue weighted by Crippen LogP contribution is -2.34. The van der Waals surface area contributed by atoms with Gasteiger partial charge in [0, 0.05) is 13.1 Å². The largest absolute Gasteiger partial charge is 0.480 e. The summed E-state index contributed by atoms with van der Waals surface area (Å²) in [6.45, 7) is 5.37. The van der Waals surface area contributed by atoms with E-state index in [9.17, 15) is 9.90 Å². The lowest BCUT2D eigenvalue weighted by atomic mass is 9.96. The number of likely N-dealkylation sites (N-methyl/N-ethyl adjacent to an activating group) is 1. The Morgan fingerprint density at radius 3 is 2.33 bits per heavy atom. The third-order valence-electron chi connectivity index (χ3n) is 2.99. The van der Waals surface area contributed by atoms with Gasteiger partial charge in [0.15, 0.2) is 0 Å². The van der Waals surface area contributed by atoms with Crippen LogP contribution in [0.1, 0.15) is 22.7 Å². The van der Waals surface area contributed by atoms with Gasteiger partial charge in [-0.15, -0.1) is 0 Å². The Hall–Kier alpha value is -1.39. The zero-order valence-electron chi connectivity index (χ0n) is 11.5. The Balaban J connectivity index is 2.88. The molecule has 1 atom stereocenters. The smallest absolute Gasteiger partial charge is 0.325 e. The van der Waals surface area contributed by atoms with Crippen LogP contribution in [0.15, 0.2) is 18.2 Å². The Bertz CT molecular complexity index is 396. The number of carboxylic acids is 1. The maximum atomic E-state index is 11.4. The topological polar surface area (TPSA) is 52.6 Å². The number of aryl methyl sites for hydroxylation is 2. The van der Waals surface area contributed by atoms with Gasteiger partial charge in [-0.05, 0) is 44.6 Å². The molecule has 4 heteroatoms. The predicted molar refractivity (Wildman–Crippen MR) is 72.8 cm³/mol. The summed E-state index contributed by atoms with van der Waals surface area (Å²) < 4.78 is 0. The summed E-state index contributed by atoms with van der Waals surface area (Å²) in [5.41, 5.74) is 2.91. The van der Waals surface area contributed by atoms with Crippen molar-refractivity contribution in [1.82, 2.24) is 10.2 Å². The molecule has 0 aliphatic rings. The standard InChI is InChI=1S/C14H22N2O2/c1-10-6-5-7-11(2)12(10)13(14(17)18)15-8-9-16(3)4/h5-7,13,15H,8-9H2,1-4H3,(H,17,18). The molecule has 100 valence electrons. The number of carbonyl (C=O) groups is 1. The molecule has 2 N–H and O–H groups in total. The van der Waals surface area contributed by atoms with Gasteiger partial charge in [0.05, 0.1) is 0 Å². The van der Waals surface area contributed by atoms with Crippen LogP contribution in [0.25, 0.3) is 0 Å². The van der Waals surface area contributed by atoms with E-state index < -0.39 is 12.0 Å². The first-order valence-electron chi connectivity index (χ1n) is 6.10. The minimum Gasteiger partial charge on any atom is -0.480 e. The van der Waals surface area contributed by atoms with Crippen LogP contribution in [0.3, 0.4) is 0 Å². The second-order valence-corrected chi connectivity index (χ2v) is 4.83. The highest BCUT2D eigenvalue weighted by atomic mass is 16.4. The first-order chi connectivity index (χ1) is 8.43.